The Balaban J connectivity index is 2.00. The molecule has 1 aromatic heterocycles. The molecule has 0 saturated heterocycles. The van der Waals surface area contributed by atoms with Crippen LogP contribution < -0.4 is 4.57 Å². The van der Waals surface area contributed by atoms with E-state index in [-0.39, 0.29) is 0 Å². The zero-order valence-electron chi connectivity index (χ0n) is 29.7. The highest BCUT2D eigenvalue weighted by atomic mass is 14.9. The number of allylic oxidation sites excluding steroid dienone is 4. The molecule has 0 aliphatic carbocycles. The van der Waals surface area contributed by atoms with Crippen LogP contribution in [0.25, 0.3) is 0 Å². The van der Waals surface area contributed by atoms with E-state index in [1.54, 1.807) is 11.3 Å². The zero-order chi connectivity index (χ0) is 30.9. The molecular formula is C42H76N+. The Morgan fingerprint density at radius 2 is 0.791 bits per heavy atom. The van der Waals surface area contributed by atoms with Crippen LogP contribution in [0.3, 0.4) is 0 Å². The highest BCUT2D eigenvalue weighted by Crippen LogP contribution is 2.16. The second-order valence-electron chi connectivity index (χ2n) is 13.5. The highest BCUT2D eigenvalue weighted by molar-refractivity contribution is 5.16. The maximum atomic E-state index is 2.44. The Kier molecular flexibility index (Phi) is 29.5. The standard InChI is InChI=1S/C42H76N/c1-4-6-8-10-12-14-16-18-20-22-24-26-28-30-32-34-37-41-38-36-40-43(3)42(41)39-35-33-31-29-27-25-23-21-19-17-15-13-11-9-7-5-2/h18-21,36,38,40H,4-17,22-35,37,39H2,1-3H3/q+1/b20-18-,21-19-. The summed E-state index contributed by atoms with van der Waals surface area (Å²) >= 11 is 0. The minimum atomic E-state index is 1.25. The second-order valence-corrected chi connectivity index (χ2v) is 13.5. The normalized spacial score (nSPS) is 11.9. The zero-order valence-corrected chi connectivity index (χ0v) is 29.7. The predicted octanol–water partition coefficient (Wildman–Crippen LogP) is 13.7. The molecule has 0 aromatic carbocycles. The van der Waals surface area contributed by atoms with E-state index in [1.807, 2.05) is 0 Å². The molecule has 248 valence electrons. The van der Waals surface area contributed by atoms with Gasteiger partial charge in [0.1, 0.15) is 7.05 Å². The molecular weight excluding hydrogens is 518 g/mol. The van der Waals surface area contributed by atoms with Crippen LogP contribution in [0.15, 0.2) is 42.6 Å². The minimum absolute atomic E-state index is 1.25. The van der Waals surface area contributed by atoms with Gasteiger partial charge in [0.15, 0.2) is 11.9 Å². The fraction of sp³-hybridized carbons (Fsp3) is 0.786. The van der Waals surface area contributed by atoms with E-state index < -0.39 is 0 Å². The monoisotopic (exact) mass is 595 g/mol. The predicted molar refractivity (Wildman–Crippen MR) is 194 cm³/mol. The highest BCUT2D eigenvalue weighted by Gasteiger charge is 2.12. The fourth-order valence-corrected chi connectivity index (χ4v) is 6.37. The van der Waals surface area contributed by atoms with Crippen LogP contribution >= 0.6 is 0 Å². The Morgan fingerprint density at radius 3 is 1.21 bits per heavy atom. The average molecular weight is 595 g/mol. The van der Waals surface area contributed by atoms with Gasteiger partial charge in [0, 0.05) is 18.1 Å². The van der Waals surface area contributed by atoms with Crippen LogP contribution in [0.5, 0.6) is 0 Å². The molecule has 1 heterocycles. The summed E-state index contributed by atoms with van der Waals surface area (Å²) in [7, 11) is 2.25. The molecule has 43 heavy (non-hydrogen) atoms. The molecule has 0 saturated carbocycles. The van der Waals surface area contributed by atoms with Crippen LogP contribution in [0.4, 0.5) is 0 Å². The third kappa shape index (κ3) is 25.6. The summed E-state index contributed by atoms with van der Waals surface area (Å²) in [5, 5.41) is 0. The van der Waals surface area contributed by atoms with Gasteiger partial charge in [-0.1, -0.05) is 154 Å². The van der Waals surface area contributed by atoms with E-state index in [4.69, 9.17) is 0 Å². The summed E-state index contributed by atoms with van der Waals surface area (Å²) in [5.74, 6) is 0. The number of hydrogen-bond donors (Lipinski definition) is 0. The van der Waals surface area contributed by atoms with Crippen LogP contribution in [0, 0.1) is 0 Å². The first-order chi connectivity index (χ1) is 21.3. The first-order valence-electron chi connectivity index (χ1n) is 19.6. The number of nitrogens with zero attached hydrogens (tertiary/aromatic N) is 1. The van der Waals surface area contributed by atoms with Crippen molar-refractivity contribution in [2.45, 2.75) is 206 Å². The number of hydrogen-bond acceptors (Lipinski definition) is 0. The molecule has 0 aliphatic heterocycles. The molecule has 0 amide bonds. The first-order valence-corrected chi connectivity index (χ1v) is 19.6. The van der Waals surface area contributed by atoms with Crippen molar-refractivity contribution in [3.05, 3.63) is 53.9 Å². The molecule has 1 heteroatoms. The molecule has 0 unspecified atom stereocenters. The van der Waals surface area contributed by atoms with E-state index in [2.05, 4.69) is 68.1 Å². The molecule has 0 atom stereocenters. The molecule has 1 aromatic rings. The van der Waals surface area contributed by atoms with Crippen molar-refractivity contribution in [3.63, 3.8) is 0 Å². The number of rotatable bonds is 32. The van der Waals surface area contributed by atoms with E-state index in [9.17, 15) is 0 Å². The van der Waals surface area contributed by atoms with Crippen molar-refractivity contribution in [1.29, 1.82) is 0 Å². The summed E-state index contributed by atoms with van der Waals surface area (Å²) in [5.41, 5.74) is 3.19. The summed E-state index contributed by atoms with van der Waals surface area (Å²) in [6.07, 6.45) is 53.3. The van der Waals surface area contributed by atoms with E-state index >= 15 is 0 Å². The van der Waals surface area contributed by atoms with Gasteiger partial charge in [0.25, 0.3) is 0 Å². The number of unbranched alkanes of at least 4 members (excludes halogenated alkanes) is 24. The smallest absolute Gasteiger partial charge is 0.184 e. The Labute approximate surface area is 271 Å². The lowest BCUT2D eigenvalue weighted by molar-refractivity contribution is -0.679. The van der Waals surface area contributed by atoms with Crippen LogP contribution in [0.2, 0.25) is 0 Å². The van der Waals surface area contributed by atoms with Gasteiger partial charge in [-0.15, -0.1) is 0 Å². The minimum Gasteiger partial charge on any atom is -0.205 e. The lowest BCUT2D eigenvalue weighted by Crippen LogP contribution is -2.34. The summed E-state index contributed by atoms with van der Waals surface area (Å²) in [6.45, 7) is 4.59. The third-order valence-electron chi connectivity index (χ3n) is 9.29. The first kappa shape index (κ1) is 39.7. The van der Waals surface area contributed by atoms with Gasteiger partial charge in [-0.3, -0.25) is 0 Å². The number of aromatic nitrogens is 1. The van der Waals surface area contributed by atoms with Crippen LogP contribution in [-0.2, 0) is 19.9 Å². The lowest BCUT2D eigenvalue weighted by atomic mass is 9.99. The Hall–Kier alpha value is -1.37. The van der Waals surface area contributed by atoms with Gasteiger partial charge in [-0.05, 0) is 76.7 Å². The van der Waals surface area contributed by atoms with E-state index in [0.29, 0.717) is 0 Å². The maximum absolute atomic E-state index is 2.44. The molecule has 0 N–H and O–H groups in total. The average Bonchev–Trinajstić information content (AvgIpc) is 3.01. The summed E-state index contributed by atoms with van der Waals surface area (Å²) in [4.78, 5) is 0. The van der Waals surface area contributed by atoms with Crippen LogP contribution in [0.1, 0.15) is 205 Å². The van der Waals surface area contributed by atoms with Crippen molar-refractivity contribution < 1.29 is 4.57 Å². The van der Waals surface area contributed by atoms with Crippen molar-refractivity contribution in [2.75, 3.05) is 0 Å². The van der Waals surface area contributed by atoms with Gasteiger partial charge in [-0.2, -0.15) is 0 Å². The van der Waals surface area contributed by atoms with E-state index in [1.165, 1.54) is 193 Å². The van der Waals surface area contributed by atoms with Crippen molar-refractivity contribution in [2.24, 2.45) is 7.05 Å². The van der Waals surface area contributed by atoms with Crippen LogP contribution in [-0.4, -0.2) is 0 Å². The Morgan fingerprint density at radius 1 is 0.442 bits per heavy atom. The fourth-order valence-electron chi connectivity index (χ4n) is 6.37. The lowest BCUT2D eigenvalue weighted by Gasteiger charge is -2.08. The molecule has 0 aliphatic rings. The van der Waals surface area contributed by atoms with Crippen molar-refractivity contribution in [3.8, 4) is 0 Å². The van der Waals surface area contributed by atoms with Gasteiger partial charge in [0.2, 0.25) is 0 Å². The van der Waals surface area contributed by atoms with Crippen molar-refractivity contribution in [1.82, 2.24) is 0 Å². The molecule has 0 fully saturated rings. The SMILES string of the molecule is CCCCCCCC/C=C\CCCCCCCCc1ccc[n+](C)c1CCCCCCCC/C=C\CCCCCCCC. The van der Waals surface area contributed by atoms with Crippen molar-refractivity contribution >= 4 is 0 Å². The Bertz CT molecular complexity index is 760. The second kappa shape index (κ2) is 32.0. The topological polar surface area (TPSA) is 3.88 Å². The third-order valence-corrected chi connectivity index (χ3v) is 9.29. The quantitative estimate of drug-likeness (QED) is 0.0444. The number of aryl methyl sites for hydroxylation is 2. The summed E-state index contributed by atoms with van der Waals surface area (Å²) in [6, 6.07) is 4.65. The maximum Gasteiger partial charge on any atom is 0.184 e. The molecule has 0 bridgehead atoms. The van der Waals surface area contributed by atoms with Gasteiger partial charge >= 0.3 is 0 Å². The van der Waals surface area contributed by atoms with Gasteiger partial charge in [-0.25, -0.2) is 4.57 Å². The van der Waals surface area contributed by atoms with E-state index in [0.717, 1.165) is 0 Å². The molecule has 1 nitrogen and oxygen atoms in total. The van der Waals surface area contributed by atoms with Gasteiger partial charge in [0.05, 0.1) is 0 Å². The largest absolute Gasteiger partial charge is 0.205 e. The number of pyridine rings is 1. The molecule has 1 rings (SSSR count). The molecule has 0 spiro atoms. The summed E-state index contributed by atoms with van der Waals surface area (Å²) < 4.78 is 2.40. The van der Waals surface area contributed by atoms with Gasteiger partial charge < -0.3 is 0 Å². The molecule has 0 radical (unpaired) electrons.